The van der Waals surface area contributed by atoms with E-state index in [1.54, 1.807) is 40.1 Å². The van der Waals surface area contributed by atoms with Gasteiger partial charge in [-0.25, -0.2) is 8.42 Å². The average molecular weight is 897 g/mol. The Morgan fingerprint density at radius 2 is 1.32 bits per heavy atom. The van der Waals surface area contributed by atoms with Gasteiger partial charge in [-0.2, -0.15) is 35.5 Å². The number of rotatable bonds is 18. The minimum Gasteiger partial charge on any atom is -0.744 e. The molecular formula is C32H39ClN12Na2O10S2. The van der Waals surface area contributed by atoms with Gasteiger partial charge in [-0.05, 0) is 35.0 Å². The van der Waals surface area contributed by atoms with Crippen molar-refractivity contribution in [2.24, 2.45) is 0 Å². The van der Waals surface area contributed by atoms with Gasteiger partial charge in [0.15, 0.2) is 0 Å². The van der Waals surface area contributed by atoms with Crippen LogP contribution >= 0.6 is 11.6 Å². The summed E-state index contributed by atoms with van der Waals surface area (Å²) in [6.07, 6.45) is 3.07. The fraction of sp³-hybridized carbons (Fsp3) is 0.375. The van der Waals surface area contributed by atoms with Gasteiger partial charge >= 0.3 is 69.7 Å². The van der Waals surface area contributed by atoms with Gasteiger partial charge in [0.1, 0.15) is 10.1 Å². The third-order valence-corrected chi connectivity index (χ3v) is 8.79. The summed E-state index contributed by atoms with van der Waals surface area (Å²) in [5.74, 6) is 0.937. The van der Waals surface area contributed by atoms with Gasteiger partial charge in [-0.15, -0.1) is 43.0 Å². The summed E-state index contributed by atoms with van der Waals surface area (Å²) in [4.78, 5) is 30.6. The van der Waals surface area contributed by atoms with Crippen LogP contribution in [0.15, 0.2) is 41.3 Å². The Bertz CT molecular complexity index is 2180. The molecule has 0 spiro atoms. The van der Waals surface area contributed by atoms with Crippen LogP contribution in [0.3, 0.4) is 0 Å². The van der Waals surface area contributed by atoms with E-state index in [1.807, 2.05) is 4.90 Å². The zero-order valence-corrected chi connectivity index (χ0v) is 38.5. The van der Waals surface area contributed by atoms with Crippen molar-refractivity contribution in [1.29, 1.82) is 0 Å². The smallest absolute Gasteiger partial charge is 0.744 e. The van der Waals surface area contributed by atoms with Crippen LogP contribution in [0.25, 0.3) is 12.2 Å². The second kappa shape index (κ2) is 26.2. The second-order valence-electron chi connectivity index (χ2n) is 11.6. The van der Waals surface area contributed by atoms with E-state index in [4.69, 9.17) is 24.2 Å². The normalized spacial score (nSPS) is 12.4. The van der Waals surface area contributed by atoms with Gasteiger partial charge in [0.25, 0.3) is 0 Å². The molecule has 0 aliphatic carbocycles. The van der Waals surface area contributed by atoms with Crippen LogP contribution in [0.5, 0.6) is 0 Å². The van der Waals surface area contributed by atoms with Gasteiger partial charge in [-0.3, -0.25) is 0 Å². The van der Waals surface area contributed by atoms with Crippen LogP contribution in [0.1, 0.15) is 11.1 Å². The van der Waals surface area contributed by atoms with E-state index < -0.39 is 25.6 Å². The average Bonchev–Trinajstić information content (AvgIpc) is 3.17. The minimum atomic E-state index is -4.93. The standard InChI is InChI=1S/C32H40ClN12O7S.2Na.O3S/c33-27-37-28(39-30(38-27)44(13-17-46)14-18-47)35-24-6-2-22(3-7-24)1-4-23-5-8-25(21-26(23)53(50,51)52)36-29-40-31(43-11-9-34-10-12-43)42-32(41-29)45(15-19-48)16-20-49;;;1-4(2)3/h1-2,4-8,21,34,46-49H,9-20H2,(H,50,51,52)(H,35,37,38,39)(H,36,40,41,42);;;/q-1;2*+1;/p-1/b4-1+;;;. The van der Waals surface area contributed by atoms with Gasteiger partial charge in [0.2, 0.25) is 35.0 Å². The van der Waals surface area contributed by atoms with E-state index in [0.717, 1.165) is 0 Å². The Morgan fingerprint density at radius 3 is 1.85 bits per heavy atom. The molecule has 5 rings (SSSR count). The number of halogens is 1. The molecule has 3 heterocycles. The summed E-state index contributed by atoms with van der Waals surface area (Å²) >= 11 is 6.09. The third kappa shape index (κ3) is 17.0. The van der Waals surface area contributed by atoms with E-state index >= 15 is 0 Å². The first-order valence-electron chi connectivity index (χ1n) is 17.0. The van der Waals surface area contributed by atoms with Gasteiger partial charge < -0.3 is 55.6 Å². The van der Waals surface area contributed by atoms with Crippen LogP contribution < -0.4 is 89.8 Å². The molecule has 1 aliphatic rings. The molecule has 2 aromatic heterocycles. The molecule has 0 atom stereocenters. The first-order chi connectivity index (χ1) is 27.3. The minimum absolute atomic E-state index is 0. The summed E-state index contributed by atoms with van der Waals surface area (Å²) in [6.45, 7) is 2.60. The largest absolute Gasteiger partial charge is 1.00 e. The molecule has 0 radical (unpaired) electrons. The third-order valence-electron chi connectivity index (χ3n) is 7.73. The molecule has 0 saturated carbocycles. The van der Waals surface area contributed by atoms with Crippen LogP contribution in [0.4, 0.5) is 41.1 Å². The van der Waals surface area contributed by atoms with Crippen molar-refractivity contribution in [2.75, 3.05) is 104 Å². The van der Waals surface area contributed by atoms with E-state index in [-0.39, 0.29) is 152 Å². The molecule has 59 heavy (non-hydrogen) atoms. The van der Waals surface area contributed by atoms with E-state index in [2.05, 4.69) is 51.9 Å². The van der Waals surface area contributed by atoms with Crippen molar-refractivity contribution in [3.63, 3.8) is 0 Å². The molecule has 0 amide bonds. The molecular weight excluding hydrogens is 858 g/mol. The molecule has 1 fully saturated rings. The Labute approximate surface area is 390 Å². The van der Waals surface area contributed by atoms with E-state index in [1.165, 1.54) is 18.2 Å². The zero-order chi connectivity index (χ0) is 41.4. The summed E-state index contributed by atoms with van der Waals surface area (Å²) in [5, 5.41) is 47.0. The molecule has 27 heteroatoms. The maximum Gasteiger partial charge on any atom is 1.00 e. The topological polar surface area (TPSA) is 312 Å². The van der Waals surface area contributed by atoms with Crippen molar-refractivity contribution in [2.45, 2.75) is 4.90 Å². The molecule has 4 aromatic rings. The summed E-state index contributed by atoms with van der Waals surface area (Å²) in [5.41, 5.74) is 1.47. The molecule has 7 N–H and O–H groups in total. The van der Waals surface area contributed by atoms with Crippen molar-refractivity contribution in [3.05, 3.63) is 58.9 Å². The number of piperazine rings is 1. The van der Waals surface area contributed by atoms with Crippen LogP contribution in [0, 0.1) is 6.07 Å². The Kier molecular flexibility index (Phi) is 23.1. The van der Waals surface area contributed by atoms with Crippen LogP contribution in [0.2, 0.25) is 5.28 Å². The Balaban J connectivity index is 0.00000191. The number of hydrogen-bond donors (Lipinski definition) is 7. The quantitative estimate of drug-likeness (QED) is 0.0211. The second-order valence-corrected chi connectivity index (χ2v) is 13.7. The van der Waals surface area contributed by atoms with Crippen molar-refractivity contribution in [3.8, 4) is 0 Å². The maximum atomic E-state index is 12.4. The Morgan fingerprint density at radius 1 is 0.797 bits per heavy atom. The first kappa shape index (κ1) is 52.0. The fourth-order valence-corrected chi connectivity index (χ4v) is 6.07. The van der Waals surface area contributed by atoms with E-state index in [9.17, 15) is 33.4 Å². The van der Waals surface area contributed by atoms with Gasteiger partial charge in [-0.1, -0.05) is 12.1 Å². The number of aliphatic hydroxyl groups excluding tert-OH is 4. The summed E-state index contributed by atoms with van der Waals surface area (Å²) in [6, 6.07) is 12.3. The predicted molar refractivity (Wildman–Crippen MR) is 207 cm³/mol. The summed E-state index contributed by atoms with van der Waals surface area (Å²) < 4.78 is 62.5. The number of aliphatic hydroxyl groups is 4. The number of aromatic nitrogens is 6. The monoisotopic (exact) mass is 896 g/mol. The van der Waals surface area contributed by atoms with Crippen molar-refractivity contribution < 1.29 is 105 Å². The molecule has 0 bridgehead atoms. The molecule has 1 saturated heterocycles. The SMILES string of the molecule is O=S(=O)([O-])c1cc(Nc2nc(N(CCO)CCO)nc(N3CCNCC3)n2)ccc1/C=C/c1[c-]cc(Nc2nc(Cl)nc(N(CCO)CCO)n2)cc1.O=S(=O)=O.[Na+].[Na+]. The molecule has 1 aliphatic heterocycles. The number of anilines is 7. The van der Waals surface area contributed by atoms with Crippen LogP contribution in [-0.2, 0) is 20.7 Å². The molecule has 308 valence electrons. The number of benzene rings is 2. The van der Waals surface area contributed by atoms with Crippen molar-refractivity contribution in [1.82, 2.24) is 35.2 Å². The first-order valence-corrected chi connectivity index (χ1v) is 19.8. The molecule has 0 unspecified atom stereocenters. The number of nitrogens with one attached hydrogen (secondary N) is 3. The van der Waals surface area contributed by atoms with E-state index in [0.29, 0.717) is 43.4 Å². The zero-order valence-electron chi connectivity index (χ0n) is 32.1. The maximum absolute atomic E-state index is 12.4. The fourth-order valence-electron chi connectivity index (χ4n) is 5.22. The molecule has 22 nitrogen and oxygen atoms in total. The van der Waals surface area contributed by atoms with Gasteiger partial charge in [0.05, 0.1) is 31.3 Å². The number of hydrogen-bond acceptors (Lipinski definition) is 22. The van der Waals surface area contributed by atoms with Crippen molar-refractivity contribution >= 4 is 85.6 Å². The van der Waals surface area contributed by atoms with Gasteiger partial charge in [0, 0.05) is 58.0 Å². The van der Waals surface area contributed by atoms with Crippen LogP contribution in [-0.4, -0.2) is 155 Å². The summed E-state index contributed by atoms with van der Waals surface area (Å²) in [7, 11) is -8.04. The predicted octanol–water partition coefficient (Wildman–Crippen LogP) is -6.93. The number of nitrogens with zero attached hydrogens (tertiary/aromatic N) is 9. The Hall–Kier alpha value is -3.18. The molecule has 2 aromatic carbocycles.